The van der Waals surface area contributed by atoms with Gasteiger partial charge in [0.1, 0.15) is 6.54 Å². The molecule has 3 N–H and O–H groups in total. The van der Waals surface area contributed by atoms with Crippen LogP contribution in [0.4, 0.5) is 0 Å². The molecule has 0 fully saturated rings. The number of hydrogen-bond acceptors (Lipinski definition) is 2. The highest BCUT2D eigenvalue weighted by Gasteiger charge is 2.05. The van der Waals surface area contributed by atoms with E-state index in [4.69, 9.17) is 5.73 Å². The first kappa shape index (κ1) is 12.4. The molecule has 0 unspecified atom stereocenters. The van der Waals surface area contributed by atoms with Gasteiger partial charge in [-0.15, -0.1) is 0 Å². The van der Waals surface area contributed by atoms with Gasteiger partial charge in [-0.1, -0.05) is 30.3 Å². The molecule has 4 nitrogen and oxygen atoms in total. The maximum Gasteiger partial charge on any atom is 0.240 e. The van der Waals surface area contributed by atoms with Crippen molar-refractivity contribution in [2.75, 3.05) is 0 Å². The molecule has 0 radical (unpaired) electrons. The van der Waals surface area contributed by atoms with E-state index in [9.17, 15) is 4.79 Å². The molecule has 0 aliphatic heterocycles. The fourth-order valence-electron chi connectivity index (χ4n) is 1.80. The Balaban J connectivity index is 1.86. The number of carbonyl (C=O) groups is 1. The summed E-state index contributed by atoms with van der Waals surface area (Å²) < 4.78 is 1.86. The zero-order chi connectivity index (χ0) is 12.8. The highest BCUT2D eigenvalue weighted by atomic mass is 16.1. The maximum atomic E-state index is 11.8. The Labute approximate surface area is 106 Å². The second-order valence-corrected chi connectivity index (χ2v) is 4.09. The van der Waals surface area contributed by atoms with E-state index in [1.807, 2.05) is 53.2 Å². The van der Waals surface area contributed by atoms with E-state index in [2.05, 4.69) is 5.32 Å². The number of nitrogens with zero attached hydrogens (tertiary/aromatic N) is 1. The monoisotopic (exact) mass is 243 g/mol. The van der Waals surface area contributed by atoms with Crippen LogP contribution in [0.15, 0.2) is 48.7 Å². The summed E-state index contributed by atoms with van der Waals surface area (Å²) in [7, 11) is 0. The smallest absolute Gasteiger partial charge is 0.240 e. The quantitative estimate of drug-likeness (QED) is 0.830. The van der Waals surface area contributed by atoms with Crippen molar-refractivity contribution >= 4 is 5.91 Å². The van der Waals surface area contributed by atoms with E-state index in [1.54, 1.807) is 0 Å². The number of hydrogen-bond donors (Lipinski definition) is 2. The van der Waals surface area contributed by atoms with Crippen LogP contribution in [0, 0.1) is 0 Å². The standard InChI is InChI=1S/C14H17N3O/c15-9-13-7-4-8-17(13)11-14(18)16-10-12-5-2-1-3-6-12/h1-8H,9-11,15H2,(H,16,18). The summed E-state index contributed by atoms with van der Waals surface area (Å²) in [6.45, 7) is 1.31. The van der Waals surface area contributed by atoms with Crippen molar-refractivity contribution in [2.24, 2.45) is 5.73 Å². The number of amides is 1. The van der Waals surface area contributed by atoms with Gasteiger partial charge in [0.15, 0.2) is 0 Å². The summed E-state index contributed by atoms with van der Waals surface area (Å²) >= 11 is 0. The van der Waals surface area contributed by atoms with Gasteiger partial charge in [-0.3, -0.25) is 4.79 Å². The minimum absolute atomic E-state index is 0.00949. The number of carbonyl (C=O) groups excluding carboxylic acids is 1. The lowest BCUT2D eigenvalue weighted by atomic mass is 10.2. The summed E-state index contributed by atoms with van der Waals surface area (Å²) in [6, 6.07) is 13.7. The van der Waals surface area contributed by atoms with Crippen LogP contribution >= 0.6 is 0 Å². The molecule has 2 aromatic rings. The Morgan fingerprint density at radius 2 is 1.94 bits per heavy atom. The van der Waals surface area contributed by atoms with Crippen molar-refractivity contribution < 1.29 is 4.79 Å². The van der Waals surface area contributed by atoms with Crippen LogP contribution in [0.5, 0.6) is 0 Å². The van der Waals surface area contributed by atoms with E-state index < -0.39 is 0 Å². The van der Waals surface area contributed by atoms with Crippen LogP contribution in [0.3, 0.4) is 0 Å². The van der Waals surface area contributed by atoms with Crippen molar-refractivity contribution in [3.05, 3.63) is 59.9 Å². The summed E-state index contributed by atoms with van der Waals surface area (Å²) in [5, 5.41) is 2.89. The molecule has 1 heterocycles. The van der Waals surface area contributed by atoms with Crippen molar-refractivity contribution in [3.8, 4) is 0 Å². The second-order valence-electron chi connectivity index (χ2n) is 4.09. The van der Waals surface area contributed by atoms with Crippen LogP contribution in [-0.4, -0.2) is 10.5 Å². The minimum Gasteiger partial charge on any atom is -0.350 e. The predicted octanol–water partition coefficient (Wildman–Crippen LogP) is 1.26. The molecule has 0 aliphatic carbocycles. The van der Waals surface area contributed by atoms with Gasteiger partial charge in [0.2, 0.25) is 5.91 Å². The van der Waals surface area contributed by atoms with Gasteiger partial charge in [-0.05, 0) is 17.7 Å². The van der Waals surface area contributed by atoms with Crippen LogP contribution in [0.2, 0.25) is 0 Å². The van der Waals surface area contributed by atoms with Crippen LogP contribution in [0.1, 0.15) is 11.3 Å². The third-order valence-electron chi connectivity index (χ3n) is 2.78. The fourth-order valence-corrected chi connectivity index (χ4v) is 1.80. The van der Waals surface area contributed by atoms with Crippen molar-refractivity contribution in [3.63, 3.8) is 0 Å². The van der Waals surface area contributed by atoms with Gasteiger partial charge < -0.3 is 15.6 Å². The zero-order valence-corrected chi connectivity index (χ0v) is 10.2. The topological polar surface area (TPSA) is 60.0 Å². The van der Waals surface area contributed by atoms with Crippen LogP contribution in [-0.2, 0) is 24.4 Å². The molecule has 1 amide bonds. The second kappa shape index (κ2) is 6.02. The summed E-state index contributed by atoms with van der Waals surface area (Å²) in [5.41, 5.74) is 7.64. The lowest BCUT2D eigenvalue weighted by Crippen LogP contribution is -2.27. The van der Waals surface area contributed by atoms with Crippen molar-refractivity contribution in [1.29, 1.82) is 0 Å². The Hall–Kier alpha value is -2.07. The van der Waals surface area contributed by atoms with Crippen molar-refractivity contribution in [1.82, 2.24) is 9.88 Å². The number of nitrogens with two attached hydrogens (primary N) is 1. The molecule has 94 valence electrons. The molecule has 1 aromatic heterocycles. The molecule has 4 heteroatoms. The normalized spacial score (nSPS) is 10.3. The van der Waals surface area contributed by atoms with Gasteiger partial charge in [0.05, 0.1) is 0 Å². The third-order valence-corrected chi connectivity index (χ3v) is 2.78. The van der Waals surface area contributed by atoms with Gasteiger partial charge in [0, 0.05) is 25.0 Å². The number of benzene rings is 1. The summed E-state index contributed by atoms with van der Waals surface area (Å²) in [5.74, 6) is -0.00949. The molecule has 0 saturated heterocycles. The molecule has 1 aromatic carbocycles. The lowest BCUT2D eigenvalue weighted by Gasteiger charge is -2.08. The molecule has 0 aliphatic rings. The molecule has 0 saturated carbocycles. The average molecular weight is 243 g/mol. The lowest BCUT2D eigenvalue weighted by molar-refractivity contribution is -0.121. The zero-order valence-electron chi connectivity index (χ0n) is 10.2. The Kier molecular flexibility index (Phi) is 4.15. The minimum atomic E-state index is -0.00949. The number of nitrogens with one attached hydrogen (secondary N) is 1. The largest absolute Gasteiger partial charge is 0.350 e. The van der Waals surface area contributed by atoms with Gasteiger partial charge in [-0.25, -0.2) is 0 Å². The molecule has 18 heavy (non-hydrogen) atoms. The molecular weight excluding hydrogens is 226 g/mol. The average Bonchev–Trinajstić information content (AvgIpc) is 2.85. The molecule has 0 atom stereocenters. The first-order valence-corrected chi connectivity index (χ1v) is 5.94. The van der Waals surface area contributed by atoms with Gasteiger partial charge >= 0.3 is 0 Å². The third kappa shape index (κ3) is 3.21. The predicted molar refractivity (Wildman–Crippen MR) is 70.6 cm³/mol. The summed E-state index contributed by atoms with van der Waals surface area (Å²) in [4.78, 5) is 11.8. The number of aromatic nitrogens is 1. The van der Waals surface area contributed by atoms with Crippen molar-refractivity contribution in [2.45, 2.75) is 19.6 Å². The molecule has 0 bridgehead atoms. The fraction of sp³-hybridized carbons (Fsp3) is 0.214. The Bertz CT molecular complexity index is 505. The van der Waals surface area contributed by atoms with Crippen LogP contribution < -0.4 is 11.1 Å². The van der Waals surface area contributed by atoms with Gasteiger partial charge in [0.25, 0.3) is 0 Å². The van der Waals surface area contributed by atoms with E-state index in [-0.39, 0.29) is 5.91 Å². The molecule has 0 spiro atoms. The molecule has 2 rings (SSSR count). The van der Waals surface area contributed by atoms with Crippen LogP contribution in [0.25, 0.3) is 0 Å². The SMILES string of the molecule is NCc1cccn1CC(=O)NCc1ccccc1. The van der Waals surface area contributed by atoms with E-state index in [0.29, 0.717) is 19.6 Å². The number of rotatable bonds is 5. The van der Waals surface area contributed by atoms with E-state index in [0.717, 1.165) is 11.3 Å². The van der Waals surface area contributed by atoms with Gasteiger partial charge in [-0.2, -0.15) is 0 Å². The van der Waals surface area contributed by atoms with E-state index >= 15 is 0 Å². The maximum absolute atomic E-state index is 11.8. The first-order valence-electron chi connectivity index (χ1n) is 5.94. The summed E-state index contributed by atoms with van der Waals surface area (Å²) in [6.07, 6.45) is 1.87. The first-order chi connectivity index (χ1) is 8.79. The highest BCUT2D eigenvalue weighted by molar-refractivity contribution is 5.75. The van der Waals surface area contributed by atoms with E-state index in [1.165, 1.54) is 0 Å². The Morgan fingerprint density at radius 3 is 2.67 bits per heavy atom. The highest BCUT2D eigenvalue weighted by Crippen LogP contribution is 2.01. The Morgan fingerprint density at radius 1 is 1.17 bits per heavy atom. The molecular formula is C14H17N3O.